The van der Waals surface area contributed by atoms with Gasteiger partial charge in [0, 0.05) is 33.5 Å². The Hall–Kier alpha value is -4.82. The average Bonchev–Trinajstić information content (AvgIpc) is 3.49. The van der Waals surface area contributed by atoms with E-state index in [0.29, 0.717) is 11.8 Å². The van der Waals surface area contributed by atoms with Gasteiger partial charge in [0.25, 0.3) is 0 Å². The van der Waals surface area contributed by atoms with Crippen molar-refractivity contribution in [2.24, 2.45) is 0 Å². The van der Waals surface area contributed by atoms with Crippen LogP contribution in [0.4, 0.5) is 17.1 Å². The van der Waals surface area contributed by atoms with Crippen LogP contribution in [-0.2, 0) is 0 Å². The second kappa shape index (κ2) is 13.6. The number of aromatic nitrogens is 1. The topological polar surface area (TPSA) is 8.17 Å². The van der Waals surface area contributed by atoms with Crippen molar-refractivity contribution in [3.05, 3.63) is 143 Å². The molecule has 2 saturated carbocycles. The minimum atomic E-state index is 0.562. The number of rotatable bonds is 6. The van der Waals surface area contributed by atoms with E-state index in [1.165, 1.54) is 142 Å². The highest BCUT2D eigenvalue weighted by atomic mass is 15.1. The third-order valence-electron chi connectivity index (χ3n) is 12.4. The molecular weight excluding hydrogens is 629 g/mol. The molecule has 1 aromatic heterocycles. The van der Waals surface area contributed by atoms with E-state index in [1.54, 1.807) is 11.1 Å². The molecule has 0 amide bonds. The van der Waals surface area contributed by atoms with Gasteiger partial charge in [-0.25, -0.2) is 0 Å². The first-order valence-electron chi connectivity index (χ1n) is 20.0. The molecule has 0 bridgehead atoms. The molecule has 0 spiro atoms. The lowest BCUT2D eigenvalue weighted by Crippen LogP contribution is -2.13. The van der Waals surface area contributed by atoms with Crippen molar-refractivity contribution in [2.75, 3.05) is 4.90 Å². The Labute approximate surface area is 310 Å². The Morgan fingerprint density at radius 2 is 0.846 bits per heavy atom. The van der Waals surface area contributed by atoms with Crippen LogP contribution in [0, 0.1) is 27.7 Å². The first-order chi connectivity index (χ1) is 25.4. The fraction of sp³-hybridized carbons (Fsp3) is 0.320. The quantitative estimate of drug-likeness (QED) is 0.170. The maximum Gasteiger partial charge on any atom is 0.0541 e. The summed E-state index contributed by atoms with van der Waals surface area (Å²) in [6, 6.07) is 42.7. The van der Waals surface area contributed by atoms with Gasteiger partial charge in [-0.05, 0) is 160 Å². The normalized spacial score (nSPS) is 15.9. The SMILES string of the molecule is Cc1ccc(N(c2ccc(C)cc2)c2cc(C3CCCCC3)c3cc(-n4c5ccc(C)cc5c5cc(C)ccc54)cc(C4CCCCC4)c3c2)cc1. The molecule has 9 rings (SSSR count). The second-order valence-corrected chi connectivity index (χ2v) is 16.2. The fourth-order valence-corrected chi connectivity index (χ4v) is 9.61. The van der Waals surface area contributed by atoms with Gasteiger partial charge >= 0.3 is 0 Å². The molecule has 0 saturated heterocycles. The molecule has 2 heteroatoms. The molecule has 0 unspecified atom stereocenters. The summed E-state index contributed by atoms with van der Waals surface area (Å²) in [6.45, 7) is 8.82. The molecule has 7 aromatic rings. The summed E-state index contributed by atoms with van der Waals surface area (Å²) in [4.78, 5) is 2.51. The molecule has 2 fully saturated rings. The highest BCUT2D eigenvalue weighted by molar-refractivity contribution is 6.10. The molecular formula is C50H52N2. The van der Waals surface area contributed by atoms with E-state index >= 15 is 0 Å². The van der Waals surface area contributed by atoms with Gasteiger partial charge in [-0.1, -0.05) is 97.2 Å². The van der Waals surface area contributed by atoms with Crippen LogP contribution in [-0.4, -0.2) is 4.57 Å². The summed E-state index contributed by atoms with van der Waals surface area (Å²) in [7, 11) is 0. The zero-order valence-electron chi connectivity index (χ0n) is 31.5. The van der Waals surface area contributed by atoms with Gasteiger partial charge in [0.15, 0.2) is 0 Å². The van der Waals surface area contributed by atoms with Gasteiger partial charge in [-0.2, -0.15) is 0 Å². The van der Waals surface area contributed by atoms with E-state index in [-0.39, 0.29) is 0 Å². The minimum Gasteiger partial charge on any atom is -0.310 e. The number of nitrogens with zero attached hydrogens (tertiary/aromatic N) is 2. The number of anilines is 3. The van der Waals surface area contributed by atoms with Crippen LogP contribution in [0.2, 0.25) is 0 Å². The van der Waals surface area contributed by atoms with Crippen molar-refractivity contribution in [1.82, 2.24) is 4.57 Å². The van der Waals surface area contributed by atoms with Gasteiger partial charge in [0.1, 0.15) is 0 Å². The standard InChI is InChI=1S/C50H52N2/c1-33-15-21-39(22-16-33)51(40-23-17-34(2)18-24-40)41-29-43(37-11-7-5-8-12-37)46-32-42(30-44(45(46)31-41)38-13-9-6-10-14-38)52-49-25-19-35(3)27-47(49)48-28-36(4)20-26-50(48)52/h15-32,37-38H,5-14H2,1-4H3. The molecule has 52 heavy (non-hydrogen) atoms. The van der Waals surface area contributed by atoms with Crippen LogP contribution in [0.15, 0.2) is 109 Å². The third kappa shape index (κ3) is 6.01. The highest BCUT2D eigenvalue weighted by Crippen LogP contribution is 2.47. The van der Waals surface area contributed by atoms with Crippen LogP contribution in [0.25, 0.3) is 38.3 Å². The number of fused-ring (bicyclic) bond motifs is 4. The molecule has 2 aliphatic rings. The Balaban J connectivity index is 1.35. The van der Waals surface area contributed by atoms with Crippen molar-refractivity contribution in [1.29, 1.82) is 0 Å². The van der Waals surface area contributed by atoms with Crippen molar-refractivity contribution < 1.29 is 0 Å². The molecule has 262 valence electrons. The monoisotopic (exact) mass is 680 g/mol. The van der Waals surface area contributed by atoms with Crippen LogP contribution in [0.5, 0.6) is 0 Å². The summed E-state index contributed by atoms with van der Waals surface area (Å²) in [5.41, 5.74) is 15.9. The molecule has 2 aliphatic carbocycles. The van der Waals surface area contributed by atoms with E-state index in [4.69, 9.17) is 0 Å². The van der Waals surface area contributed by atoms with Crippen LogP contribution >= 0.6 is 0 Å². The molecule has 0 aliphatic heterocycles. The second-order valence-electron chi connectivity index (χ2n) is 16.2. The molecule has 0 N–H and O–H groups in total. The average molecular weight is 681 g/mol. The van der Waals surface area contributed by atoms with E-state index < -0.39 is 0 Å². The summed E-state index contributed by atoms with van der Waals surface area (Å²) in [6.07, 6.45) is 13.1. The molecule has 1 heterocycles. The lowest BCUT2D eigenvalue weighted by molar-refractivity contribution is 0.444. The number of hydrogen-bond donors (Lipinski definition) is 0. The number of aryl methyl sites for hydroxylation is 4. The maximum absolute atomic E-state index is 2.60. The smallest absolute Gasteiger partial charge is 0.0541 e. The minimum absolute atomic E-state index is 0.562. The van der Waals surface area contributed by atoms with Crippen molar-refractivity contribution in [3.8, 4) is 5.69 Å². The lowest BCUT2D eigenvalue weighted by Gasteiger charge is -2.31. The van der Waals surface area contributed by atoms with Crippen LogP contribution < -0.4 is 4.90 Å². The Bertz CT molecular complexity index is 2290. The van der Waals surface area contributed by atoms with E-state index in [0.717, 1.165) is 0 Å². The van der Waals surface area contributed by atoms with E-state index in [2.05, 4.69) is 146 Å². The molecule has 6 aromatic carbocycles. The Kier molecular flexibility index (Phi) is 8.66. The lowest BCUT2D eigenvalue weighted by atomic mass is 9.78. The van der Waals surface area contributed by atoms with E-state index in [9.17, 15) is 0 Å². The zero-order chi connectivity index (χ0) is 35.3. The highest BCUT2D eigenvalue weighted by Gasteiger charge is 2.26. The van der Waals surface area contributed by atoms with Crippen LogP contribution in [0.3, 0.4) is 0 Å². The number of benzene rings is 6. The summed E-state index contributed by atoms with van der Waals surface area (Å²) < 4.78 is 2.58. The van der Waals surface area contributed by atoms with Crippen molar-refractivity contribution >= 4 is 49.6 Å². The first kappa shape index (κ1) is 33.0. The van der Waals surface area contributed by atoms with Crippen LogP contribution in [0.1, 0.15) is 109 Å². The molecule has 0 radical (unpaired) electrons. The fourth-order valence-electron chi connectivity index (χ4n) is 9.61. The van der Waals surface area contributed by atoms with Crippen molar-refractivity contribution in [2.45, 2.75) is 104 Å². The first-order valence-corrected chi connectivity index (χ1v) is 20.0. The Morgan fingerprint density at radius 3 is 1.35 bits per heavy atom. The van der Waals surface area contributed by atoms with E-state index in [1.807, 2.05) is 0 Å². The molecule has 2 nitrogen and oxygen atoms in total. The summed E-state index contributed by atoms with van der Waals surface area (Å²) >= 11 is 0. The van der Waals surface area contributed by atoms with Gasteiger partial charge in [0.2, 0.25) is 0 Å². The predicted molar refractivity (Wildman–Crippen MR) is 224 cm³/mol. The largest absolute Gasteiger partial charge is 0.310 e. The maximum atomic E-state index is 2.60. The van der Waals surface area contributed by atoms with Gasteiger partial charge < -0.3 is 9.47 Å². The van der Waals surface area contributed by atoms with Gasteiger partial charge in [0.05, 0.1) is 11.0 Å². The van der Waals surface area contributed by atoms with Gasteiger partial charge in [-0.15, -0.1) is 0 Å². The summed E-state index contributed by atoms with van der Waals surface area (Å²) in [5, 5.41) is 5.64. The third-order valence-corrected chi connectivity index (χ3v) is 12.4. The molecule has 0 atom stereocenters. The van der Waals surface area contributed by atoms with Gasteiger partial charge in [-0.3, -0.25) is 0 Å². The number of hydrogen-bond acceptors (Lipinski definition) is 1. The zero-order valence-corrected chi connectivity index (χ0v) is 31.5. The predicted octanol–water partition coefficient (Wildman–Crippen LogP) is 14.7. The van der Waals surface area contributed by atoms with Crippen molar-refractivity contribution in [3.63, 3.8) is 0 Å². The summed E-state index contributed by atoms with van der Waals surface area (Å²) in [5.74, 6) is 1.13. The Morgan fingerprint density at radius 1 is 0.404 bits per heavy atom.